The SMILES string of the molecule is CCOC(=O)C1C(CC)CCCC1(C)C. The highest BCUT2D eigenvalue weighted by atomic mass is 16.5. The summed E-state index contributed by atoms with van der Waals surface area (Å²) in [6.07, 6.45) is 4.67. The van der Waals surface area contributed by atoms with Gasteiger partial charge in [0, 0.05) is 0 Å². The first kappa shape index (κ1) is 12.5. The van der Waals surface area contributed by atoms with Crippen LogP contribution in [0.15, 0.2) is 0 Å². The van der Waals surface area contributed by atoms with Crippen molar-refractivity contribution in [1.82, 2.24) is 0 Å². The van der Waals surface area contributed by atoms with E-state index < -0.39 is 0 Å². The maximum atomic E-state index is 12.0. The van der Waals surface area contributed by atoms with Gasteiger partial charge in [0.15, 0.2) is 0 Å². The standard InChI is InChI=1S/C13H24O2/c1-5-10-8-7-9-13(3,4)11(10)12(14)15-6-2/h10-11H,5-9H2,1-4H3. The molecule has 0 saturated heterocycles. The van der Waals surface area contributed by atoms with Gasteiger partial charge in [0.05, 0.1) is 12.5 Å². The molecule has 1 aliphatic rings. The van der Waals surface area contributed by atoms with E-state index in [1.165, 1.54) is 12.8 Å². The number of hydrogen-bond donors (Lipinski definition) is 0. The predicted octanol–water partition coefficient (Wildman–Crippen LogP) is 3.40. The second-order valence-corrected chi connectivity index (χ2v) is 5.28. The first-order chi connectivity index (χ1) is 7.03. The van der Waals surface area contributed by atoms with E-state index in [1.54, 1.807) is 0 Å². The van der Waals surface area contributed by atoms with Crippen molar-refractivity contribution in [3.05, 3.63) is 0 Å². The van der Waals surface area contributed by atoms with Gasteiger partial charge in [0.25, 0.3) is 0 Å². The molecule has 1 aliphatic carbocycles. The molecule has 0 aliphatic heterocycles. The van der Waals surface area contributed by atoms with Crippen LogP contribution in [0.1, 0.15) is 53.4 Å². The third-order valence-corrected chi connectivity index (χ3v) is 3.77. The summed E-state index contributed by atoms with van der Waals surface area (Å²) < 4.78 is 5.21. The summed E-state index contributed by atoms with van der Waals surface area (Å²) in [4.78, 5) is 12.0. The molecule has 0 N–H and O–H groups in total. The van der Waals surface area contributed by atoms with Crippen LogP contribution in [0.5, 0.6) is 0 Å². The Morgan fingerprint density at radius 3 is 2.60 bits per heavy atom. The summed E-state index contributed by atoms with van der Waals surface area (Å²) in [5, 5.41) is 0. The van der Waals surface area contributed by atoms with Crippen LogP contribution < -0.4 is 0 Å². The van der Waals surface area contributed by atoms with Crippen LogP contribution in [-0.4, -0.2) is 12.6 Å². The fourth-order valence-electron chi connectivity index (χ4n) is 2.96. The Bertz CT molecular complexity index is 221. The smallest absolute Gasteiger partial charge is 0.309 e. The minimum atomic E-state index is 0.0223. The maximum Gasteiger partial charge on any atom is 0.309 e. The number of ether oxygens (including phenoxy) is 1. The molecule has 0 spiro atoms. The van der Waals surface area contributed by atoms with Crippen molar-refractivity contribution in [2.75, 3.05) is 6.61 Å². The molecule has 0 aromatic carbocycles. The highest BCUT2D eigenvalue weighted by Gasteiger charge is 2.43. The van der Waals surface area contributed by atoms with E-state index in [2.05, 4.69) is 20.8 Å². The topological polar surface area (TPSA) is 26.3 Å². The van der Waals surface area contributed by atoms with Gasteiger partial charge in [-0.3, -0.25) is 4.79 Å². The molecular formula is C13H24O2. The molecule has 2 unspecified atom stereocenters. The zero-order valence-electron chi connectivity index (χ0n) is 10.5. The normalized spacial score (nSPS) is 29.9. The van der Waals surface area contributed by atoms with Crippen molar-refractivity contribution in [2.45, 2.75) is 53.4 Å². The van der Waals surface area contributed by atoms with Crippen molar-refractivity contribution >= 4 is 5.97 Å². The summed E-state index contributed by atoms with van der Waals surface area (Å²) in [7, 11) is 0. The van der Waals surface area contributed by atoms with Gasteiger partial charge in [0.1, 0.15) is 0 Å². The minimum Gasteiger partial charge on any atom is -0.466 e. The first-order valence-electron chi connectivity index (χ1n) is 6.19. The molecule has 2 nitrogen and oxygen atoms in total. The van der Waals surface area contributed by atoms with E-state index in [0.717, 1.165) is 12.8 Å². The minimum absolute atomic E-state index is 0.0223. The Labute approximate surface area is 93.4 Å². The fraction of sp³-hybridized carbons (Fsp3) is 0.923. The number of esters is 1. The average molecular weight is 212 g/mol. The highest BCUT2D eigenvalue weighted by Crippen LogP contribution is 2.45. The molecule has 0 aromatic rings. The van der Waals surface area contributed by atoms with Gasteiger partial charge in [-0.2, -0.15) is 0 Å². The molecule has 1 rings (SSSR count). The van der Waals surface area contributed by atoms with Gasteiger partial charge in [-0.05, 0) is 31.1 Å². The Kier molecular flexibility index (Phi) is 4.18. The summed E-state index contributed by atoms with van der Waals surface area (Å²) in [5.74, 6) is 0.651. The Balaban J connectivity index is 2.79. The fourth-order valence-corrected chi connectivity index (χ4v) is 2.96. The predicted molar refractivity (Wildman–Crippen MR) is 61.5 cm³/mol. The lowest BCUT2D eigenvalue weighted by Crippen LogP contribution is -2.41. The van der Waals surface area contributed by atoms with Crippen LogP contribution in [0.3, 0.4) is 0 Å². The van der Waals surface area contributed by atoms with E-state index in [9.17, 15) is 4.79 Å². The van der Waals surface area contributed by atoms with Crippen LogP contribution in [0.4, 0.5) is 0 Å². The molecule has 15 heavy (non-hydrogen) atoms. The lowest BCUT2D eigenvalue weighted by Gasteiger charge is -2.42. The summed E-state index contributed by atoms with van der Waals surface area (Å²) in [6.45, 7) is 8.97. The largest absolute Gasteiger partial charge is 0.466 e. The van der Waals surface area contributed by atoms with Crippen molar-refractivity contribution in [2.24, 2.45) is 17.3 Å². The summed E-state index contributed by atoms with van der Waals surface area (Å²) >= 11 is 0. The number of carbonyl (C=O) groups is 1. The van der Waals surface area contributed by atoms with Gasteiger partial charge in [0.2, 0.25) is 0 Å². The lowest BCUT2D eigenvalue weighted by molar-refractivity contribution is -0.157. The monoisotopic (exact) mass is 212 g/mol. The van der Waals surface area contributed by atoms with Gasteiger partial charge in [-0.25, -0.2) is 0 Å². The zero-order valence-corrected chi connectivity index (χ0v) is 10.5. The maximum absolute atomic E-state index is 12.0. The number of hydrogen-bond acceptors (Lipinski definition) is 2. The van der Waals surface area contributed by atoms with Crippen LogP contribution in [0, 0.1) is 17.3 Å². The molecule has 0 bridgehead atoms. The van der Waals surface area contributed by atoms with E-state index in [4.69, 9.17) is 4.74 Å². The van der Waals surface area contributed by atoms with Gasteiger partial charge < -0.3 is 4.74 Å². The molecule has 0 aromatic heterocycles. The summed E-state index contributed by atoms with van der Waals surface area (Å²) in [6, 6.07) is 0. The molecule has 88 valence electrons. The Hall–Kier alpha value is -0.530. The van der Waals surface area contributed by atoms with Crippen LogP contribution in [0.2, 0.25) is 0 Å². The average Bonchev–Trinajstić information content (AvgIpc) is 2.16. The Morgan fingerprint density at radius 2 is 2.07 bits per heavy atom. The molecule has 0 heterocycles. The summed E-state index contributed by atoms with van der Waals surface area (Å²) in [5.41, 5.74) is 0.116. The Morgan fingerprint density at radius 1 is 1.40 bits per heavy atom. The van der Waals surface area contributed by atoms with Crippen LogP contribution >= 0.6 is 0 Å². The van der Waals surface area contributed by atoms with Gasteiger partial charge >= 0.3 is 5.97 Å². The molecule has 0 radical (unpaired) electrons. The molecule has 1 saturated carbocycles. The van der Waals surface area contributed by atoms with E-state index in [1.807, 2.05) is 6.92 Å². The van der Waals surface area contributed by atoms with Crippen molar-refractivity contribution in [3.63, 3.8) is 0 Å². The van der Waals surface area contributed by atoms with Gasteiger partial charge in [-0.1, -0.05) is 33.6 Å². The molecule has 2 heteroatoms. The second-order valence-electron chi connectivity index (χ2n) is 5.28. The number of carbonyl (C=O) groups excluding carboxylic acids is 1. The van der Waals surface area contributed by atoms with Crippen molar-refractivity contribution in [3.8, 4) is 0 Å². The van der Waals surface area contributed by atoms with Crippen LogP contribution in [-0.2, 0) is 9.53 Å². The second kappa shape index (κ2) is 5.00. The van der Waals surface area contributed by atoms with E-state index in [-0.39, 0.29) is 17.3 Å². The highest BCUT2D eigenvalue weighted by molar-refractivity contribution is 5.73. The quantitative estimate of drug-likeness (QED) is 0.670. The van der Waals surface area contributed by atoms with E-state index in [0.29, 0.717) is 12.5 Å². The van der Waals surface area contributed by atoms with Crippen molar-refractivity contribution in [1.29, 1.82) is 0 Å². The van der Waals surface area contributed by atoms with E-state index >= 15 is 0 Å². The molecular weight excluding hydrogens is 188 g/mol. The lowest BCUT2D eigenvalue weighted by atomic mass is 9.63. The third kappa shape index (κ3) is 2.73. The van der Waals surface area contributed by atoms with Crippen molar-refractivity contribution < 1.29 is 9.53 Å². The number of rotatable bonds is 3. The third-order valence-electron chi connectivity index (χ3n) is 3.77. The van der Waals surface area contributed by atoms with Crippen LogP contribution in [0.25, 0.3) is 0 Å². The van der Waals surface area contributed by atoms with Gasteiger partial charge in [-0.15, -0.1) is 0 Å². The molecule has 1 fully saturated rings. The molecule has 2 atom stereocenters. The first-order valence-corrected chi connectivity index (χ1v) is 6.19. The zero-order chi connectivity index (χ0) is 11.5. The molecule has 0 amide bonds.